The van der Waals surface area contributed by atoms with E-state index in [0.29, 0.717) is 11.6 Å². The Morgan fingerprint density at radius 2 is 2.27 bits per heavy atom. The fourth-order valence-corrected chi connectivity index (χ4v) is 1.88. The Morgan fingerprint density at radius 1 is 1.40 bits per heavy atom. The molecule has 2 rings (SSSR count). The Labute approximate surface area is 94.0 Å². The second kappa shape index (κ2) is 4.53. The van der Waals surface area contributed by atoms with Gasteiger partial charge in [0.2, 0.25) is 5.91 Å². The van der Waals surface area contributed by atoms with Crippen molar-refractivity contribution in [2.45, 2.75) is 6.42 Å². The van der Waals surface area contributed by atoms with E-state index in [-0.39, 0.29) is 5.91 Å². The predicted molar refractivity (Wildman–Crippen MR) is 61.3 cm³/mol. The quantitative estimate of drug-likeness (QED) is 0.787. The second-order valence-corrected chi connectivity index (χ2v) is 4.04. The van der Waals surface area contributed by atoms with Gasteiger partial charge >= 0.3 is 0 Å². The number of amides is 1. The zero-order chi connectivity index (χ0) is 10.7. The van der Waals surface area contributed by atoms with Gasteiger partial charge in [0.1, 0.15) is 0 Å². The number of hydrogen-bond donors (Lipinski definition) is 1. The van der Waals surface area contributed by atoms with Crippen LogP contribution in [0.3, 0.4) is 0 Å². The molecule has 80 valence electrons. The van der Waals surface area contributed by atoms with E-state index in [1.165, 1.54) is 0 Å². The summed E-state index contributed by atoms with van der Waals surface area (Å²) in [5, 5.41) is 3.55. The Balaban J connectivity index is 2.18. The van der Waals surface area contributed by atoms with Crippen molar-refractivity contribution in [3.63, 3.8) is 0 Å². The number of rotatable bonds is 1. The van der Waals surface area contributed by atoms with Gasteiger partial charge in [0.15, 0.2) is 0 Å². The molecule has 1 aromatic carbocycles. The summed E-state index contributed by atoms with van der Waals surface area (Å²) in [6.07, 6.45) is 0.970. The van der Waals surface area contributed by atoms with Crippen molar-refractivity contribution >= 4 is 23.2 Å². The highest BCUT2D eigenvalue weighted by atomic mass is 35.5. The third kappa shape index (κ3) is 2.63. The zero-order valence-electron chi connectivity index (χ0n) is 8.37. The SMILES string of the molecule is O=C1CN(c2cccc(Cl)c2)CCCN1. The lowest BCUT2D eigenvalue weighted by Crippen LogP contribution is -2.32. The zero-order valence-corrected chi connectivity index (χ0v) is 9.13. The molecule has 1 aliphatic heterocycles. The predicted octanol–water partition coefficient (Wildman–Crippen LogP) is 1.67. The molecule has 1 aliphatic rings. The minimum atomic E-state index is 0.0764. The summed E-state index contributed by atoms with van der Waals surface area (Å²) >= 11 is 5.91. The highest BCUT2D eigenvalue weighted by Gasteiger charge is 2.14. The normalized spacial score (nSPS) is 17.1. The number of anilines is 1. The fourth-order valence-electron chi connectivity index (χ4n) is 1.70. The molecule has 0 radical (unpaired) electrons. The number of benzene rings is 1. The molecular weight excluding hydrogens is 212 g/mol. The first-order valence-electron chi connectivity index (χ1n) is 5.03. The standard InChI is InChI=1S/C11H13ClN2O/c12-9-3-1-4-10(7-9)14-6-2-5-13-11(15)8-14/h1,3-4,7H,2,5-6,8H2,(H,13,15). The van der Waals surface area contributed by atoms with Gasteiger partial charge in [-0.15, -0.1) is 0 Å². The molecule has 0 bridgehead atoms. The Bertz CT molecular complexity index is 367. The number of nitrogens with one attached hydrogen (secondary N) is 1. The van der Waals surface area contributed by atoms with Crippen LogP contribution in [-0.2, 0) is 4.79 Å². The Morgan fingerprint density at radius 3 is 3.07 bits per heavy atom. The lowest BCUT2D eigenvalue weighted by molar-refractivity contribution is -0.119. The lowest BCUT2D eigenvalue weighted by Gasteiger charge is -2.21. The van der Waals surface area contributed by atoms with Gasteiger partial charge in [0.05, 0.1) is 6.54 Å². The van der Waals surface area contributed by atoms with Crippen LogP contribution in [0.2, 0.25) is 5.02 Å². The van der Waals surface area contributed by atoms with Crippen LogP contribution in [0.25, 0.3) is 0 Å². The summed E-state index contributed by atoms with van der Waals surface area (Å²) in [5.74, 6) is 0.0764. The van der Waals surface area contributed by atoms with Gasteiger partial charge in [-0.05, 0) is 24.6 Å². The van der Waals surface area contributed by atoms with E-state index in [4.69, 9.17) is 11.6 Å². The molecule has 1 amide bonds. The van der Waals surface area contributed by atoms with E-state index in [2.05, 4.69) is 5.32 Å². The minimum absolute atomic E-state index is 0.0764. The Hall–Kier alpha value is -1.22. The first kappa shape index (κ1) is 10.3. The minimum Gasteiger partial charge on any atom is -0.362 e. The molecule has 4 heteroatoms. The number of carbonyl (C=O) groups is 1. The van der Waals surface area contributed by atoms with Crippen molar-refractivity contribution in [1.82, 2.24) is 5.32 Å². The third-order valence-corrected chi connectivity index (χ3v) is 2.67. The van der Waals surface area contributed by atoms with E-state index >= 15 is 0 Å². The third-order valence-electron chi connectivity index (χ3n) is 2.43. The molecule has 3 nitrogen and oxygen atoms in total. The van der Waals surface area contributed by atoms with Crippen molar-refractivity contribution in [3.05, 3.63) is 29.3 Å². The van der Waals surface area contributed by atoms with E-state index in [0.717, 1.165) is 25.2 Å². The average Bonchev–Trinajstić information content (AvgIpc) is 2.43. The van der Waals surface area contributed by atoms with E-state index in [9.17, 15) is 4.79 Å². The number of halogens is 1. The molecule has 1 saturated heterocycles. The summed E-state index contributed by atoms with van der Waals surface area (Å²) in [6, 6.07) is 7.61. The molecule has 15 heavy (non-hydrogen) atoms. The largest absolute Gasteiger partial charge is 0.362 e. The van der Waals surface area contributed by atoms with Gasteiger partial charge < -0.3 is 10.2 Å². The molecule has 1 aromatic rings. The van der Waals surface area contributed by atoms with Gasteiger partial charge in [-0.3, -0.25) is 4.79 Å². The van der Waals surface area contributed by atoms with Crippen LogP contribution in [0, 0.1) is 0 Å². The van der Waals surface area contributed by atoms with Gasteiger partial charge in [-0.2, -0.15) is 0 Å². The maximum atomic E-state index is 11.4. The number of carbonyl (C=O) groups excluding carboxylic acids is 1. The van der Waals surface area contributed by atoms with Crippen LogP contribution in [0.15, 0.2) is 24.3 Å². The van der Waals surface area contributed by atoms with Crippen molar-refractivity contribution in [3.8, 4) is 0 Å². The molecule has 1 fully saturated rings. The molecule has 1 N–H and O–H groups in total. The first-order chi connectivity index (χ1) is 7.25. The van der Waals surface area contributed by atoms with Crippen LogP contribution in [0.1, 0.15) is 6.42 Å². The van der Waals surface area contributed by atoms with Gasteiger partial charge in [0, 0.05) is 23.8 Å². The Kier molecular flexibility index (Phi) is 3.11. The average molecular weight is 225 g/mol. The molecule has 0 spiro atoms. The summed E-state index contributed by atoms with van der Waals surface area (Å²) < 4.78 is 0. The smallest absolute Gasteiger partial charge is 0.239 e. The van der Waals surface area contributed by atoms with E-state index < -0.39 is 0 Å². The highest BCUT2D eigenvalue weighted by Crippen LogP contribution is 2.19. The summed E-state index contributed by atoms with van der Waals surface area (Å²) in [5.41, 5.74) is 1.01. The number of nitrogens with zero attached hydrogens (tertiary/aromatic N) is 1. The molecule has 1 heterocycles. The van der Waals surface area contributed by atoms with E-state index in [1.54, 1.807) is 0 Å². The summed E-state index contributed by atoms with van der Waals surface area (Å²) in [6.45, 7) is 2.06. The monoisotopic (exact) mass is 224 g/mol. The molecule has 0 aliphatic carbocycles. The van der Waals surface area contributed by atoms with Crippen molar-refractivity contribution in [1.29, 1.82) is 0 Å². The molecule has 0 unspecified atom stereocenters. The second-order valence-electron chi connectivity index (χ2n) is 3.60. The molecule has 0 atom stereocenters. The van der Waals surface area contributed by atoms with Gasteiger partial charge in [0.25, 0.3) is 0 Å². The molecule has 0 aromatic heterocycles. The van der Waals surface area contributed by atoms with Gasteiger partial charge in [-0.1, -0.05) is 17.7 Å². The van der Waals surface area contributed by atoms with E-state index in [1.807, 2.05) is 29.2 Å². The topological polar surface area (TPSA) is 32.3 Å². The first-order valence-corrected chi connectivity index (χ1v) is 5.41. The van der Waals surface area contributed by atoms with Crippen molar-refractivity contribution in [2.24, 2.45) is 0 Å². The maximum absolute atomic E-state index is 11.4. The fraction of sp³-hybridized carbons (Fsp3) is 0.364. The summed E-state index contributed by atoms with van der Waals surface area (Å²) in [7, 11) is 0. The van der Waals surface area contributed by atoms with Crippen molar-refractivity contribution < 1.29 is 4.79 Å². The van der Waals surface area contributed by atoms with Crippen LogP contribution >= 0.6 is 11.6 Å². The van der Waals surface area contributed by atoms with Crippen LogP contribution in [0.5, 0.6) is 0 Å². The lowest BCUT2D eigenvalue weighted by atomic mass is 10.2. The molecular formula is C11H13ClN2O. The van der Waals surface area contributed by atoms with Gasteiger partial charge in [-0.25, -0.2) is 0 Å². The summed E-state index contributed by atoms with van der Waals surface area (Å²) in [4.78, 5) is 13.4. The molecule has 0 saturated carbocycles. The highest BCUT2D eigenvalue weighted by molar-refractivity contribution is 6.30. The van der Waals surface area contributed by atoms with Crippen molar-refractivity contribution in [2.75, 3.05) is 24.5 Å². The van der Waals surface area contributed by atoms with Crippen LogP contribution in [0.4, 0.5) is 5.69 Å². The number of hydrogen-bond acceptors (Lipinski definition) is 2. The maximum Gasteiger partial charge on any atom is 0.239 e. The van der Waals surface area contributed by atoms with Crippen LogP contribution < -0.4 is 10.2 Å². The van der Waals surface area contributed by atoms with Crippen LogP contribution in [-0.4, -0.2) is 25.5 Å².